The van der Waals surface area contributed by atoms with Gasteiger partial charge < -0.3 is 20.8 Å². The number of nitrogens with zero attached hydrogens (tertiary/aromatic N) is 2. The monoisotopic (exact) mass is 476 g/mol. The predicted molar refractivity (Wildman–Crippen MR) is 128 cm³/mol. The summed E-state index contributed by atoms with van der Waals surface area (Å²) in [5.74, 6) is 0.649. The molecule has 1 aliphatic rings. The third-order valence-corrected chi connectivity index (χ3v) is 7.13. The maximum atomic E-state index is 10.7. The first-order valence-corrected chi connectivity index (χ1v) is 12.0. The highest BCUT2D eigenvalue weighted by molar-refractivity contribution is 7.11. The van der Waals surface area contributed by atoms with Gasteiger partial charge in [0.05, 0.1) is 35.5 Å². The molecule has 3 aromatic rings. The van der Waals surface area contributed by atoms with E-state index in [0.717, 1.165) is 52.6 Å². The lowest BCUT2D eigenvalue weighted by atomic mass is 9.98. The molecule has 4 rings (SSSR count). The average molecular weight is 477 g/mol. The van der Waals surface area contributed by atoms with Crippen molar-refractivity contribution in [2.45, 2.75) is 51.1 Å². The number of anilines is 1. The fraction of sp³-hybridized carbons (Fsp3) is 0.455. The number of piperidine rings is 1. The summed E-state index contributed by atoms with van der Waals surface area (Å²) >= 11 is 7.45. The second-order valence-corrected chi connectivity index (χ2v) is 9.54. The highest BCUT2D eigenvalue weighted by Gasteiger charge is 2.29. The van der Waals surface area contributed by atoms with Crippen LogP contribution in [-0.2, 0) is 6.61 Å². The molecule has 0 radical (unpaired) electrons. The van der Waals surface area contributed by atoms with Gasteiger partial charge in [0, 0.05) is 17.1 Å². The molecule has 0 saturated carbocycles. The van der Waals surface area contributed by atoms with E-state index < -0.39 is 6.23 Å². The summed E-state index contributed by atoms with van der Waals surface area (Å²) < 4.78 is 0. The molecule has 3 heterocycles. The molecule has 1 aromatic carbocycles. The number of benzene rings is 1. The lowest BCUT2D eigenvalue weighted by Crippen LogP contribution is -2.49. The zero-order valence-corrected chi connectivity index (χ0v) is 19.5. The molecule has 0 bridgehead atoms. The third kappa shape index (κ3) is 5.67. The van der Waals surface area contributed by atoms with Gasteiger partial charge >= 0.3 is 0 Å². The number of hydrogen-bond donors (Lipinski definition) is 6. The minimum Gasteiger partial charge on any atom is -0.391 e. The van der Waals surface area contributed by atoms with Crippen LogP contribution >= 0.6 is 22.9 Å². The smallest absolute Gasteiger partial charge is 0.148 e. The number of aromatic nitrogens is 3. The van der Waals surface area contributed by atoms with Crippen LogP contribution in [0.3, 0.4) is 0 Å². The Morgan fingerprint density at radius 3 is 2.78 bits per heavy atom. The second-order valence-electron chi connectivity index (χ2n) is 7.99. The van der Waals surface area contributed by atoms with Crippen molar-refractivity contribution in [3.05, 3.63) is 50.9 Å². The molecule has 0 spiro atoms. The number of nitrogens with one attached hydrogen (secondary N) is 4. The standard InChI is InChI=1S/C22H29ClN6O2S/c1-13-18(12-30)32-22(26-13)21(16-4-2-3-9-24-16)27-20(31)11-25-19-10-17(28-29-19)14-5-7-15(23)8-6-14/h5-8,10,16,20-21,24,27,30-31H,2-4,9,11-12H2,1H3,(H2,25,28,29). The summed E-state index contributed by atoms with van der Waals surface area (Å²) in [6.45, 7) is 3.12. The van der Waals surface area contributed by atoms with Crippen molar-refractivity contribution < 1.29 is 10.2 Å². The Morgan fingerprint density at radius 2 is 2.09 bits per heavy atom. The van der Waals surface area contributed by atoms with Crippen molar-refractivity contribution in [1.29, 1.82) is 0 Å². The van der Waals surface area contributed by atoms with Gasteiger partial charge in [-0.05, 0) is 44.0 Å². The van der Waals surface area contributed by atoms with E-state index >= 15 is 0 Å². The molecule has 32 heavy (non-hydrogen) atoms. The van der Waals surface area contributed by atoms with Gasteiger partial charge in [0.25, 0.3) is 0 Å². The minimum atomic E-state index is -0.804. The van der Waals surface area contributed by atoms with Crippen molar-refractivity contribution in [3.8, 4) is 11.3 Å². The van der Waals surface area contributed by atoms with Crippen LogP contribution in [0, 0.1) is 6.92 Å². The van der Waals surface area contributed by atoms with E-state index in [-0.39, 0.29) is 25.2 Å². The number of H-pyrrole nitrogens is 1. The van der Waals surface area contributed by atoms with Gasteiger partial charge in [0.15, 0.2) is 0 Å². The molecule has 3 atom stereocenters. The van der Waals surface area contributed by atoms with Crippen molar-refractivity contribution in [1.82, 2.24) is 25.8 Å². The Balaban J connectivity index is 1.39. The molecule has 0 amide bonds. The number of rotatable bonds is 9. The molecule has 6 N–H and O–H groups in total. The normalized spacial score (nSPS) is 18.4. The lowest BCUT2D eigenvalue weighted by Gasteiger charge is -2.32. The van der Waals surface area contributed by atoms with Gasteiger partial charge in [-0.25, -0.2) is 4.98 Å². The van der Waals surface area contributed by atoms with Crippen LogP contribution in [0.15, 0.2) is 30.3 Å². The van der Waals surface area contributed by atoms with Crippen LogP contribution in [0.25, 0.3) is 11.3 Å². The van der Waals surface area contributed by atoms with E-state index in [4.69, 9.17) is 11.6 Å². The number of aliphatic hydroxyl groups excluding tert-OH is 2. The third-order valence-electron chi connectivity index (χ3n) is 5.65. The van der Waals surface area contributed by atoms with Crippen LogP contribution in [0.4, 0.5) is 5.82 Å². The minimum absolute atomic E-state index is 0.0203. The number of aliphatic hydroxyl groups is 2. The highest BCUT2D eigenvalue weighted by atomic mass is 35.5. The van der Waals surface area contributed by atoms with Gasteiger partial charge in [-0.1, -0.05) is 30.2 Å². The second kappa shape index (κ2) is 10.7. The number of halogens is 1. The number of aryl methyl sites for hydroxylation is 1. The molecular weight excluding hydrogens is 448 g/mol. The van der Waals surface area contributed by atoms with Gasteiger partial charge in [0.2, 0.25) is 0 Å². The summed E-state index contributed by atoms with van der Waals surface area (Å²) in [6.07, 6.45) is 2.50. The Labute approximate surface area is 196 Å². The topological polar surface area (TPSA) is 118 Å². The van der Waals surface area contributed by atoms with E-state index in [1.165, 1.54) is 11.3 Å². The molecule has 10 heteroatoms. The van der Waals surface area contributed by atoms with Crippen LogP contribution in [0.2, 0.25) is 5.02 Å². The van der Waals surface area contributed by atoms with Crippen molar-refractivity contribution in [2.75, 3.05) is 18.4 Å². The molecule has 1 saturated heterocycles. The van der Waals surface area contributed by atoms with Gasteiger partial charge in [-0.15, -0.1) is 11.3 Å². The fourth-order valence-electron chi connectivity index (χ4n) is 3.91. The first-order chi connectivity index (χ1) is 15.5. The van der Waals surface area contributed by atoms with Crippen molar-refractivity contribution in [2.24, 2.45) is 0 Å². The fourth-order valence-corrected chi connectivity index (χ4v) is 5.09. The van der Waals surface area contributed by atoms with Crippen LogP contribution in [0.5, 0.6) is 0 Å². The molecule has 172 valence electrons. The maximum absolute atomic E-state index is 10.7. The lowest BCUT2D eigenvalue weighted by molar-refractivity contribution is 0.120. The van der Waals surface area contributed by atoms with E-state index in [1.807, 2.05) is 37.3 Å². The zero-order valence-electron chi connectivity index (χ0n) is 17.9. The van der Waals surface area contributed by atoms with E-state index in [1.54, 1.807) is 0 Å². The van der Waals surface area contributed by atoms with Gasteiger partial charge in [-0.3, -0.25) is 10.4 Å². The molecular formula is C22H29ClN6O2S. The van der Waals surface area contributed by atoms with Crippen LogP contribution < -0.4 is 16.0 Å². The Hall–Kier alpha value is -2.01. The van der Waals surface area contributed by atoms with Crippen molar-refractivity contribution in [3.63, 3.8) is 0 Å². The van der Waals surface area contributed by atoms with E-state index in [9.17, 15) is 10.2 Å². The molecule has 8 nitrogen and oxygen atoms in total. The summed E-state index contributed by atoms with van der Waals surface area (Å²) in [5, 5.41) is 39.2. The van der Waals surface area contributed by atoms with Gasteiger partial charge in [-0.2, -0.15) is 5.10 Å². The summed E-state index contributed by atoms with van der Waals surface area (Å²) in [5.41, 5.74) is 2.69. The Kier molecular flexibility index (Phi) is 7.77. The molecule has 1 fully saturated rings. The quantitative estimate of drug-likeness (QED) is 0.262. The number of thiazole rings is 1. The largest absolute Gasteiger partial charge is 0.391 e. The van der Waals surface area contributed by atoms with E-state index in [2.05, 4.69) is 31.1 Å². The first-order valence-electron chi connectivity index (χ1n) is 10.8. The summed E-state index contributed by atoms with van der Waals surface area (Å²) in [6, 6.07) is 9.45. The SMILES string of the molecule is Cc1nc(C(NC(O)CNc2cc(-c3ccc(Cl)cc3)[nH]n2)C2CCCCN2)sc1CO. The zero-order chi connectivity index (χ0) is 22.5. The van der Waals surface area contributed by atoms with Crippen molar-refractivity contribution >= 4 is 28.8 Å². The van der Waals surface area contributed by atoms with Gasteiger partial charge in [0.1, 0.15) is 17.1 Å². The molecule has 0 aliphatic carbocycles. The number of hydrogen-bond acceptors (Lipinski definition) is 8. The summed E-state index contributed by atoms with van der Waals surface area (Å²) in [4.78, 5) is 5.53. The first kappa shape index (κ1) is 23.2. The summed E-state index contributed by atoms with van der Waals surface area (Å²) in [7, 11) is 0. The predicted octanol–water partition coefficient (Wildman–Crippen LogP) is 3.19. The highest BCUT2D eigenvalue weighted by Crippen LogP contribution is 2.29. The molecule has 2 aromatic heterocycles. The Bertz CT molecular complexity index is 1000. The number of aromatic amines is 1. The van der Waals surface area contributed by atoms with Crippen LogP contribution in [0.1, 0.15) is 40.9 Å². The Morgan fingerprint density at radius 1 is 1.28 bits per heavy atom. The molecule has 1 aliphatic heterocycles. The van der Waals surface area contributed by atoms with E-state index in [0.29, 0.717) is 10.8 Å². The molecule has 3 unspecified atom stereocenters. The van der Waals surface area contributed by atoms with Crippen LogP contribution in [-0.4, -0.2) is 50.8 Å². The maximum Gasteiger partial charge on any atom is 0.148 e. The average Bonchev–Trinajstić information content (AvgIpc) is 3.43.